The molecule has 1 fully saturated rings. The summed E-state index contributed by atoms with van der Waals surface area (Å²) in [7, 11) is 6.61. The lowest BCUT2D eigenvalue weighted by atomic mass is 9.90. The molecule has 0 unspecified atom stereocenters. The number of methoxy groups -OCH3 is 4. The van der Waals surface area contributed by atoms with Crippen LogP contribution in [0.5, 0.6) is 23.0 Å². The SMILES string of the molecule is COc1cc(OC)cc(C2=NC3(CCCCC3)N=C2c2cc(OC)cc(OC)c2)c1. The van der Waals surface area contributed by atoms with E-state index >= 15 is 0 Å². The Hall–Kier alpha value is -3.02. The van der Waals surface area contributed by atoms with Crippen LogP contribution in [0.2, 0.25) is 0 Å². The van der Waals surface area contributed by atoms with Crippen molar-refractivity contribution in [2.75, 3.05) is 28.4 Å². The Morgan fingerprint density at radius 3 is 1.27 bits per heavy atom. The van der Waals surface area contributed by atoms with Crippen molar-refractivity contribution in [2.45, 2.75) is 37.8 Å². The largest absolute Gasteiger partial charge is 0.497 e. The first kappa shape index (κ1) is 20.3. The number of aliphatic imine (C=N–C) groups is 2. The van der Waals surface area contributed by atoms with Crippen molar-refractivity contribution in [2.24, 2.45) is 9.98 Å². The zero-order valence-corrected chi connectivity index (χ0v) is 18.0. The molecule has 158 valence electrons. The van der Waals surface area contributed by atoms with E-state index in [0.717, 1.165) is 71.2 Å². The van der Waals surface area contributed by atoms with Crippen molar-refractivity contribution in [1.82, 2.24) is 0 Å². The molecule has 6 heteroatoms. The number of hydrogen-bond acceptors (Lipinski definition) is 6. The topological polar surface area (TPSA) is 61.6 Å². The molecule has 0 amide bonds. The third-order valence-corrected chi connectivity index (χ3v) is 5.77. The average molecular weight is 408 g/mol. The van der Waals surface area contributed by atoms with Crippen LogP contribution in [0.15, 0.2) is 46.4 Å². The summed E-state index contributed by atoms with van der Waals surface area (Å²) in [6, 6.07) is 11.7. The van der Waals surface area contributed by atoms with Gasteiger partial charge in [-0.15, -0.1) is 0 Å². The van der Waals surface area contributed by atoms with E-state index in [-0.39, 0.29) is 0 Å². The average Bonchev–Trinajstić information content (AvgIpc) is 3.17. The van der Waals surface area contributed by atoms with E-state index < -0.39 is 5.66 Å². The van der Waals surface area contributed by atoms with Gasteiger partial charge in [-0.1, -0.05) is 6.42 Å². The molecule has 0 radical (unpaired) electrons. The summed E-state index contributed by atoms with van der Waals surface area (Å²) in [5.74, 6) is 2.89. The van der Waals surface area contributed by atoms with Crippen molar-refractivity contribution in [3.8, 4) is 23.0 Å². The molecule has 2 aromatic rings. The van der Waals surface area contributed by atoms with Gasteiger partial charge >= 0.3 is 0 Å². The Morgan fingerprint density at radius 1 is 0.567 bits per heavy atom. The molecule has 1 heterocycles. The van der Waals surface area contributed by atoms with E-state index in [1.807, 2.05) is 36.4 Å². The molecule has 2 aliphatic rings. The highest BCUT2D eigenvalue weighted by atomic mass is 16.5. The maximum atomic E-state index is 5.49. The molecule has 30 heavy (non-hydrogen) atoms. The van der Waals surface area contributed by atoms with Crippen LogP contribution in [0.4, 0.5) is 0 Å². The van der Waals surface area contributed by atoms with Crippen LogP contribution in [-0.2, 0) is 0 Å². The minimum Gasteiger partial charge on any atom is -0.497 e. The van der Waals surface area contributed by atoms with Gasteiger partial charge in [-0.2, -0.15) is 0 Å². The zero-order chi connectivity index (χ0) is 21.1. The van der Waals surface area contributed by atoms with E-state index in [9.17, 15) is 0 Å². The summed E-state index contributed by atoms with van der Waals surface area (Å²) in [6.45, 7) is 0. The van der Waals surface area contributed by atoms with Crippen LogP contribution < -0.4 is 18.9 Å². The van der Waals surface area contributed by atoms with Gasteiger partial charge < -0.3 is 18.9 Å². The first-order valence-corrected chi connectivity index (χ1v) is 10.3. The Bertz CT molecular complexity index is 873. The van der Waals surface area contributed by atoms with Gasteiger partial charge in [-0.05, 0) is 49.9 Å². The van der Waals surface area contributed by atoms with E-state index in [2.05, 4.69) is 0 Å². The Morgan fingerprint density at radius 2 is 0.933 bits per heavy atom. The zero-order valence-electron chi connectivity index (χ0n) is 18.0. The van der Waals surface area contributed by atoms with Crippen molar-refractivity contribution in [3.05, 3.63) is 47.5 Å². The molecule has 6 nitrogen and oxygen atoms in total. The van der Waals surface area contributed by atoms with Crippen LogP contribution in [0, 0.1) is 0 Å². The molecule has 4 rings (SSSR count). The highest BCUT2D eigenvalue weighted by Crippen LogP contribution is 2.39. The first-order valence-electron chi connectivity index (χ1n) is 10.3. The van der Waals surface area contributed by atoms with Crippen LogP contribution in [-0.4, -0.2) is 45.5 Å². The van der Waals surface area contributed by atoms with Gasteiger partial charge in [0.25, 0.3) is 0 Å². The molecule has 0 atom stereocenters. The molecule has 2 aromatic carbocycles. The summed E-state index contributed by atoms with van der Waals surface area (Å²) in [5, 5.41) is 0. The normalized spacial score (nSPS) is 17.3. The molecule has 0 bridgehead atoms. The maximum absolute atomic E-state index is 5.49. The van der Waals surface area contributed by atoms with Gasteiger partial charge in [-0.3, -0.25) is 9.98 Å². The molecule has 0 aromatic heterocycles. The lowest BCUT2D eigenvalue weighted by molar-refractivity contribution is 0.316. The monoisotopic (exact) mass is 408 g/mol. The minimum atomic E-state index is -0.393. The minimum absolute atomic E-state index is 0.393. The first-order chi connectivity index (χ1) is 14.6. The predicted octanol–water partition coefficient (Wildman–Crippen LogP) is 4.67. The number of ether oxygens (including phenoxy) is 4. The number of nitrogens with zero attached hydrogens (tertiary/aromatic N) is 2. The van der Waals surface area contributed by atoms with Crippen LogP contribution in [0.25, 0.3) is 0 Å². The van der Waals surface area contributed by atoms with E-state index in [1.54, 1.807) is 28.4 Å². The van der Waals surface area contributed by atoms with Gasteiger partial charge in [0.15, 0.2) is 5.66 Å². The van der Waals surface area contributed by atoms with Crippen LogP contribution in [0.1, 0.15) is 43.2 Å². The molecule has 1 spiro atoms. The van der Waals surface area contributed by atoms with Gasteiger partial charge in [0.1, 0.15) is 23.0 Å². The van der Waals surface area contributed by atoms with E-state index in [4.69, 9.17) is 28.9 Å². The summed E-state index contributed by atoms with van der Waals surface area (Å²) < 4.78 is 22.0. The summed E-state index contributed by atoms with van der Waals surface area (Å²) in [4.78, 5) is 10.4. The Balaban J connectivity index is 1.87. The fourth-order valence-corrected chi connectivity index (χ4v) is 4.18. The van der Waals surface area contributed by atoms with Crippen LogP contribution >= 0.6 is 0 Å². The fourth-order valence-electron chi connectivity index (χ4n) is 4.18. The maximum Gasteiger partial charge on any atom is 0.151 e. The second-order valence-corrected chi connectivity index (χ2v) is 7.67. The third kappa shape index (κ3) is 3.86. The summed E-state index contributed by atoms with van der Waals surface area (Å²) in [5.41, 5.74) is 3.16. The van der Waals surface area contributed by atoms with Gasteiger partial charge in [0.05, 0.1) is 39.9 Å². The summed E-state index contributed by atoms with van der Waals surface area (Å²) >= 11 is 0. The van der Waals surface area contributed by atoms with Gasteiger partial charge in [0.2, 0.25) is 0 Å². The van der Waals surface area contributed by atoms with Crippen molar-refractivity contribution in [3.63, 3.8) is 0 Å². The number of benzene rings is 2. The lowest BCUT2D eigenvalue weighted by Crippen LogP contribution is -2.25. The van der Waals surface area contributed by atoms with Gasteiger partial charge in [-0.25, -0.2) is 0 Å². The summed E-state index contributed by atoms with van der Waals surface area (Å²) in [6.07, 6.45) is 5.43. The van der Waals surface area contributed by atoms with E-state index in [0.29, 0.717) is 0 Å². The standard InChI is InChI=1S/C24H28N2O4/c1-27-18-10-16(11-19(14-18)28-2)22-23(26-24(25-22)8-6-5-7-9-24)17-12-20(29-3)15-21(13-17)30-4/h10-15H,5-9H2,1-4H3. The Labute approximate surface area is 177 Å². The highest BCUT2D eigenvalue weighted by Gasteiger charge is 2.38. The van der Waals surface area contributed by atoms with Gasteiger partial charge in [0, 0.05) is 23.3 Å². The smallest absolute Gasteiger partial charge is 0.151 e. The van der Waals surface area contributed by atoms with Crippen LogP contribution in [0.3, 0.4) is 0 Å². The molecule has 1 aliphatic heterocycles. The molecule has 1 aliphatic carbocycles. The quantitative estimate of drug-likeness (QED) is 0.697. The van der Waals surface area contributed by atoms with Crippen molar-refractivity contribution >= 4 is 11.4 Å². The lowest BCUT2D eigenvalue weighted by Gasteiger charge is -2.27. The fraction of sp³-hybridized carbons (Fsp3) is 0.417. The second-order valence-electron chi connectivity index (χ2n) is 7.67. The number of hydrogen-bond donors (Lipinski definition) is 0. The highest BCUT2D eigenvalue weighted by molar-refractivity contribution is 6.54. The van der Waals surface area contributed by atoms with Crippen molar-refractivity contribution < 1.29 is 18.9 Å². The molecule has 0 N–H and O–H groups in total. The van der Waals surface area contributed by atoms with E-state index in [1.165, 1.54) is 6.42 Å². The molecule has 0 saturated heterocycles. The Kier molecular flexibility index (Phi) is 5.66. The molecule has 1 saturated carbocycles. The third-order valence-electron chi connectivity index (χ3n) is 5.77. The molecular formula is C24H28N2O4. The predicted molar refractivity (Wildman–Crippen MR) is 118 cm³/mol. The number of rotatable bonds is 6. The van der Waals surface area contributed by atoms with Crippen molar-refractivity contribution in [1.29, 1.82) is 0 Å². The second kappa shape index (κ2) is 8.38. The molecular weight excluding hydrogens is 380 g/mol.